The summed E-state index contributed by atoms with van der Waals surface area (Å²) >= 11 is 0. The topological polar surface area (TPSA) is 85.1 Å². The Kier molecular flexibility index (Phi) is 5.65. The molecule has 1 heterocycles. The Labute approximate surface area is 129 Å². The summed E-state index contributed by atoms with van der Waals surface area (Å²) in [5.41, 5.74) is 7.04. The minimum Gasteiger partial charge on any atom is -0.368 e. The fourth-order valence-electron chi connectivity index (χ4n) is 2.19. The lowest BCUT2D eigenvalue weighted by atomic mass is 10.0. The molecule has 0 radical (unpaired) electrons. The van der Waals surface area contributed by atoms with E-state index in [4.69, 9.17) is 5.73 Å². The number of pyridine rings is 1. The average molecular weight is 297 g/mol. The summed E-state index contributed by atoms with van der Waals surface area (Å²) < 4.78 is 0. The summed E-state index contributed by atoms with van der Waals surface area (Å²) in [5, 5.41) is 2.68. The van der Waals surface area contributed by atoms with Gasteiger partial charge in [0, 0.05) is 18.0 Å². The lowest BCUT2D eigenvalue weighted by Crippen LogP contribution is -2.44. The second-order valence-corrected chi connectivity index (χ2v) is 5.04. The molecule has 0 saturated heterocycles. The van der Waals surface area contributed by atoms with Gasteiger partial charge in [0.2, 0.25) is 5.91 Å². The van der Waals surface area contributed by atoms with Crippen molar-refractivity contribution < 1.29 is 9.59 Å². The van der Waals surface area contributed by atoms with Crippen LogP contribution in [0.4, 0.5) is 0 Å². The Morgan fingerprint density at radius 1 is 1.09 bits per heavy atom. The van der Waals surface area contributed by atoms with E-state index in [9.17, 15) is 9.59 Å². The molecule has 0 aliphatic carbocycles. The average Bonchev–Trinajstić information content (AvgIpc) is 2.55. The van der Waals surface area contributed by atoms with Crippen molar-refractivity contribution in [1.82, 2.24) is 10.3 Å². The van der Waals surface area contributed by atoms with Crippen molar-refractivity contribution in [2.24, 2.45) is 5.73 Å². The number of primary amides is 1. The van der Waals surface area contributed by atoms with Crippen LogP contribution in [0.5, 0.6) is 0 Å². The highest BCUT2D eigenvalue weighted by molar-refractivity contribution is 5.97. The molecule has 2 aromatic rings. The van der Waals surface area contributed by atoms with Gasteiger partial charge in [-0.1, -0.05) is 30.3 Å². The Morgan fingerprint density at radius 3 is 2.41 bits per heavy atom. The Bertz CT molecular complexity index is 614. The first kappa shape index (κ1) is 15.7. The van der Waals surface area contributed by atoms with Crippen LogP contribution in [0.2, 0.25) is 0 Å². The molecular formula is C17H19N3O2. The standard InChI is InChI=1S/C17H19N3O2/c18-16(21)15(8-4-7-13-5-2-1-3-6-13)20-17(22)14-9-11-19-12-10-14/h1-3,5-6,9-12,15H,4,7-8H2,(H2,18,21)(H,20,22)/t15-/m1/s1. The fourth-order valence-corrected chi connectivity index (χ4v) is 2.19. The van der Waals surface area contributed by atoms with Crippen LogP contribution >= 0.6 is 0 Å². The van der Waals surface area contributed by atoms with E-state index in [2.05, 4.69) is 10.3 Å². The molecule has 0 bridgehead atoms. The van der Waals surface area contributed by atoms with E-state index in [1.54, 1.807) is 12.1 Å². The molecule has 1 aromatic heterocycles. The highest BCUT2D eigenvalue weighted by Gasteiger charge is 2.18. The maximum absolute atomic E-state index is 12.0. The zero-order valence-corrected chi connectivity index (χ0v) is 12.2. The van der Waals surface area contributed by atoms with Crippen LogP contribution in [0.3, 0.4) is 0 Å². The molecule has 1 aromatic carbocycles. The zero-order chi connectivity index (χ0) is 15.8. The first-order valence-corrected chi connectivity index (χ1v) is 7.21. The molecule has 0 saturated carbocycles. The number of nitrogens with zero attached hydrogens (tertiary/aromatic N) is 1. The van der Waals surface area contributed by atoms with Gasteiger partial charge < -0.3 is 11.1 Å². The van der Waals surface area contributed by atoms with Crippen LogP contribution in [-0.2, 0) is 11.2 Å². The van der Waals surface area contributed by atoms with E-state index in [1.165, 1.54) is 18.0 Å². The van der Waals surface area contributed by atoms with Crippen LogP contribution < -0.4 is 11.1 Å². The normalized spacial score (nSPS) is 11.6. The summed E-state index contributed by atoms with van der Waals surface area (Å²) in [6, 6.07) is 12.5. The van der Waals surface area contributed by atoms with Gasteiger partial charge in [-0.25, -0.2) is 0 Å². The first-order chi connectivity index (χ1) is 10.7. The van der Waals surface area contributed by atoms with Crippen molar-refractivity contribution in [2.45, 2.75) is 25.3 Å². The van der Waals surface area contributed by atoms with Crippen molar-refractivity contribution >= 4 is 11.8 Å². The third-order valence-corrected chi connectivity index (χ3v) is 3.39. The Hall–Kier alpha value is -2.69. The monoisotopic (exact) mass is 297 g/mol. The molecule has 114 valence electrons. The summed E-state index contributed by atoms with van der Waals surface area (Å²) in [6.07, 6.45) is 5.19. The number of carbonyl (C=O) groups is 2. The number of amides is 2. The number of benzene rings is 1. The van der Waals surface area contributed by atoms with Crippen LogP contribution in [0.15, 0.2) is 54.9 Å². The van der Waals surface area contributed by atoms with Gasteiger partial charge in [0.15, 0.2) is 0 Å². The number of rotatable bonds is 7. The van der Waals surface area contributed by atoms with Crippen molar-refractivity contribution in [3.63, 3.8) is 0 Å². The van der Waals surface area contributed by atoms with Crippen LogP contribution in [-0.4, -0.2) is 22.8 Å². The van der Waals surface area contributed by atoms with E-state index in [1.807, 2.05) is 30.3 Å². The molecule has 0 spiro atoms. The third-order valence-electron chi connectivity index (χ3n) is 3.39. The molecule has 3 N–H and O–H groups in total. The summed E-state index contributed by atoms with van der Waals surface area (Å²) in [6.45, 7) is 0. The molecule has 5 nitrogen and oxygen atoms in total. The van der Waals surface area contributed by atoms with Crippen LogP contribution in [0.25, 0.3) is 0 Å². The predicted octanol–water partition coefficient (Wildman–Crippen LogP) is 1.69. The van der Waals surface area contributed by atoms with Gasteiger partial charge in [-0.3, -0.25) is 14.6 Å². The molecule has 22 heavy (non-hydrogen) atoms. The van der Waals surface area contributed by atoms with Crippen LogP contribution in [0.1, 0.15) is 28.8 Å². The number of aromatic nitrogens is 1. The van der Waals surface area contributed by atoms with E-state index in [0.717, 1.165) is 12.8 Å². The minimum atomic E-state index is -0.663. The molecule has 0 aliphatic heterocycles. The highest BCUT2D eigenvalue weighted by atomic mass is 16.2. The molecule has 0 aliphatic rings. The lowest BCUT2D eigenvalue weighted by Gasteiger charge is -2.15. The number of nitrogens with two attached hydrogens (primary N) is 1. The molecule has 1 atom stereocenters. The SMILES string of the molecule is NC(=O)[C@@H](CCCc1ccccc1)NC(=O)c1ccncc1. The number of carbonyl (C=O) groups excluding carboxylic acids is 2. The van der Waals surface area contributed by atoms with Gasteiger partial charge in [0.25, 0.3) is 5.91 Å². The number of aryl methyl sites for hydroxylation is 1. The van der Waals surface area contributed by atoms with Gasteiger partial charge in [0.1, 0.15) is 6.04 Å². The summed E-state index contributed by atoms with van der Waals surface area (Å²) in [4.78, 5) is 27.4. The minimum absolute atomic E-state index is 0.314. The molecule has 5 heteroatoms. The van der Waals surface area contributed by atoms with E-state index >= 15 is 0 Å². The largest absolute Gasteiger partial charge is 0.368 e. The Balaban J connectivity index is 1.87. The predicted molar refractivity (Wildman–Crippen MR) is 84.1 cm³/mol. The van der Waals surface area contributed by atoms with Gasteiger partial charge >= 0.3 is 0 Å². The maximum atomic E-state index is 12.0. The quantitative estimate of drug-likeness (QED) is 0.815. The van der Waals surface area contributed by atoms with Crippen molar-refractivity contribution in [2.75, 3.05) is 0 Å². The second kappa shape index (κ2) is 7.93. The molecule has 2 rings (SSSR count). The Morgan fingerprint density at radius 2 is 1.77 bits per heavy atom. The molecule has 2 amide bonds. The van der Waals surface area contributed by atoms with Crippen molar-refractivity contribution in [3.05, 3.63) is 66.0 Å². The second-order valence-electron chi connectivity index (χ2n) is 5.04. The van der Waals surface area contributed by atoms with E-state index < -0.39 is 11.9 Å². The van der Waals surface area contributed by atoms with Gasteiger partial charge in [-0.15, -0.1) is 0 Å². The zero-order valence-electron chi connectivity index (χ0n) is 12.2. The van der Waals surface area contributed by atoms with Gasteiger partial charge in [-0.05, 0) is 37.0 Å². The molecule has 0 unspecified atom stereocenters. The lowest BCUT2D eigenvalue weighted by molar-refractivity contribution is -0.120. The van der Waals surface area contributed by atoms with Gasteiger partial charge in [-0.2, -0.15) is 0 Å². The van der Waals surface area contributed by atoms with Crippen molar-refractivity contribution in [1.29, 1.82) is 0 Å². The summed E-state index contributed by atoms with van der Waals surface area (Å²) in [7, 11) is 0. The highest BCUT2D eigenvalue weighted by Crippen LogP contribution is 2.07. The van der Waals surface area contributed by atoms with Gasteiger partial charge in [0.05, 0.1) is 0 Å². The van der Waals surface area contributed by atoms with E-state index in [0.29, 0.717) is 12.0 Å². The molecule has 0 fully saturated rings. The number of nitrogens with one attached hydrogen (secondary N) is 1. The molecular weight excluding hydrogens is 278 g/mol. The first-order valence-electron chi connectivity index (χ1n) is 7.21. The fraction of sp³-hybridized carbons (Fsp3) is 0.235. The smallest absolute Gasteiger partial charge is 0.252 e. The van der Waals surface area contributed by atoms with Crippen molar-refractivity contribution in [3.8, 4) is 0 Å². The summed E-state index contributed by atoms with van der Waals surface area (Å²) in [5.74, 6) is -0.832. The third kappa shape index (κ3) is 4.70. The van der Waals surface area contributed by atoms with Crippen LogP contribution in [0, 0.1) is 0 Å². The van der Waals surface area contributed by atoms with E-state index in [-0.39, 0.29) is 5.91 Å². The number of hydrogen-bond acceptors (Lipinski definition) is 3. The maximum Gasteiger partial charge on any atom is 0.252 e. The number of hydrogen-bond donors (Lipinski definition) is 2.